The first-order valence-corrected chi connectivity index (χ1v) is 2.92. The van der Waals surface area contributed by atoms with Crippen LogP contribution < -0.4 is 5.48 Å². The largest absolute Gasteiger partial charge is 0.377 e. The van der Waals surface area contributed by atoms with Gasteiger partial charge in [-0.25, -0.2) is 5.48 Å². The van der Waals surface area contributed by atoms with Crippen LogP contribution in [-0.4, -0.2) is 24.5 Å². The number of hydrogen-bond donors (Lipinski definition) is 2. The Morgan fingerprint density at radius 2 is 2.62 bits per heavy atom. The van der Waals surface area contributed by atoms with Gasteiger partial charge in [0, 0.05) is 13.2 Å². The molecule has 1 rings (SSSR count). The Morgan fingerprint density at radius 3 is 3.12 bits per heavy atom. The van der Waals surface area contributed by atoms with E-state index in [1.165, 1.54) is 0 Å². The molecule has 2 N–H and O–H groups in total. The van der Waals surface area contributed by atoms with Crippen molar-refractivity contribution < 1.29 is 9.94 Å². The molecular weight excluding hydrogens is 106 g/mol. The van der Waals surface area contributed by atoms with E-state index < -0.39 is 0 Å². The maximum absolute atomic E-state index is 8.20. The van der Waals surface area contributed by atoms with E-state index in [2.05, 4.69) is 5.48 Å². The fourth-order valence-electron chi connectivity index (χ4n) is 0.907. The van der Waals surface area contributed by atoms with Crippen molar-refractivity contribution in [3.8, 4) is 0 Å². The van der Waals surface area contributed by atoms with Gasteiger partial charge in [0.25, 0.3) is 0 Å². The summed E-state index contributed by atoms with van der Waals surface area (Å²) in [7, 11) is 0. The normalized spacial score (nSPS) is 28.9. The predicted octanol–water partition coefficient (Wildman–Crippen LogP) is 0.144. The van der Waals surface area contributed by atoms with Crippen LogP contribution in [-0.2, 0) is 4.74 Å². The molecule has 0 aromatic carbocycles. The van der Waals surface area contributed by atoms with Crippen molar-refractivity contribution in [3.05, 3.63) is 0 Å². The van der Waals surface area contributed by atoms with Gasteiger partial charge in [0.15, 0.2) is 0 Å². The highest BCUT2D eigenvalue weighted by molar-refractivity contribution is 4.64. The highest BCUT2D eigenvalue weighted by Crippen LogP contribution is 2.09. The summed E-state index contributed by atoms with van der Waals surface area (Å²) in [6, 6.07) is 0. The molecule has 1 aliphatic heterocycles. The third-order valence-electron chi connectivity index (χ3n) is 1.34. The fourth-order valence-corrected chi connectivity index (χ4v) is 0.907. The van der Waals surface area contributed by atoms with E-state index in [-0.39, 0.29) is 6.10 Å². The second kappa shape index (κ2) is 3.02. The molecule has 8 heavy (non-hydrogen) atoms. The van der Waals surface area contributed by atoms with Crippen LogP contribution in [0.2, 0.25) is 0 Å². The van der Waals surface area contributed by atoms with E-state index in [0.29, 0.717) is 6.54 Å². The van der Waals surface area contributed by atoms with Crippen LogP contribution in [0, 0.1) is 0 Å². The molecule has 3 nitrogen and oxygen atoms in total. The molecule has 1 unspecified atom stereocenters. The highest BCUT2D eigenvalue weighted by atomic mass is 16.5. The van der Waals surface area contributed by atoms with Crippen molar-refractivity contribution in [1.29, 1.82) is 0 Å². The van der Waals surface area contributed by atoms with E-state index in [1.54, 1.807) is 0 Å². The van der Waals surface area contributed by atoms with Crippen LogP contribution in [0.1, 0.15) is 12.8 Å². The van der Waals surface area contributed by atoms with Gasteiger partial charge in [-0.2, -0.15) is 0 Å². The lowest BCUT2D eigenvalue weighted by atomic mass is 10.2. The van der Waals surface area contributed by atoms with Gasteiger partial charge >= 0.3 is 0 Å². The van der Waals surface area contributed by atoms with Crippen molar-refractivity contribution >= 4 is 0 Å². The molecule has 0 spiro atoms. The van der Waals surface area contributed by atoms with E-state index >= 15 is 0 Å². The molecule has 0 aromatic heterocycles. The summed E-state index contributed by atoms with van der Waals surface area (Å²) >= 11 is 0. The van der Waals surface area contributed by atoms with Gasteiger partial charge in [0.05, 0.1) is 6.10 Å². The Kier molecular flexibility index (Phi) is 2.27. The van der Waals surface area contributed by atoms with Crippen molar-refractivity contribution in [2.75, 3.05) is 13.2 Å². The second-order valence-electron chi connectivity index (χ2n) is 2.00. The Labute approximate surface area is 48.6 Å². The predicted molar refractivity (Wildman–Crippen MR) is 28.8 cm³/mol. The summed E-state index contributed by atoms with van der Waals surface area (Å²) in [6.07, 6.45) is 2.46. The van der Waals surface area contributed by atoms with Crippen molar-refractivity contribution in [2.24, 2.45) is 0 Å². The summed E-state index contributed by atoms with van der Waals surface area (Å²) in [5.41, 5.74) is 2.08. The van der Waals surface area contributed by atoms with Gasteiger partial charge in [-0.15, -0.1) is 0 Å². The van der Waals surface area contributed by atoms with Crippen LogP contribution in [0.3, 0.4) is 0 Å². The fraction of sp³-hybridized carbons (Fsp3) is 1.00. The topological polar surface area (TPSA) is 41.5 Å². The first kappa shape index (κ1) is 6.01. The first-order chi connectivity index (χ1) is 3.93. The molecular formula is C5H11NO2. The van der Waals surface area contributed by atoms with Crippen molar-refractivity contribution in [3.63, 3.8) is 0 Å². The molecule has 1 heterocycles. The Bertz CT molecular complexity index is 61.4. The lowest BCUT2D eigenvalue weighted by molar-refractivity contribution is 0.0645. The third kappa shape index (κ3) is 1.43. The maximum atomic E-state index is 8.20. The van der Waals surface area contributed by atoms with Crippen LogP contribution in [0.15, 0.2) is 0 Å². The SMILES string of the molecule is ONCC1CCCO1. The Morgan fingerprint density at radius 1 is 1.75 bits per heavy atom. The first-order valence-electron chi connectivity index (χ1n) is 2.92. The quantitative estimate of drug-likeness (QED) is 0.506. The van der Waals surface area contributed by atoms with E-state index in [4.69, 9.17) is 9.94 Å². The molecule has 0 radical (unpaired) electrons. The van der Waals surface area contributed by atoms with E-state index in [9.17, 15) is 0 Å². The zero-order valence-electron chi connectivity index (χ0n) is 4.76. The molecule has 3 heteroatoms. The standard InChI is InChI=1S/C5H11NO2/c7-6-4-5-2-1-3-8-5/h5-7H,1-4H2. The van der Waals surface area contributed by atoms with E-state index in [1.807, 2.05) is 0 Å². The smallest absolute Gasteiger partial charge is 0.0723 e. The van der Waals surface area contributed by atoms with Crippen LogP contribution in [0.25, 0.3) is 0 Å². The number of ether oxygens (including phenoxy) is 1. The minimum atomic E-state index is 0.250. The number of rotatable bonds is 2. The number of hydroxylamine groups is 1. The average molecular weight is 117 g/mol. The molecule has 0 amide bonds. The van der Waals surface area contributed by atoms with Gasteiger partial charge in [-0.1, -0.05) is 0 Å². The summed E-state index contributed by atoms with van der Waals surface area (Å²) < 4.78 is 5.17. The van der Waals surface area contributed by atoms with Gasteiger partial charge in [-0.3, -0.25) is 0 Å². The summed E-state index contributed by atoms with van der Waals surface area (Å²) in [6.45, 7) is 1.42. The molecule has 1 fully saturated rings. The van der Waals surface area contributed by atoms with Gasteiger partial charge in [0.1, 0.15) is 0 Å². The van der Waals surface area contributed by atoms with Crippen LogP contribution in [0.5, 0.6) is 0 Å². The molecule has 0 aromatic rings. The van der Waals surface area contributed by atoms with Gasteiger partial charge < -0.3 is 9.94 Å². The molecule has 48 valence electrons. The molecule has 1 atom stereocenters. The maximum Gasteiger partial charge on any atom is 0.0723 e. The summed E-state index contributed by atoms with van der Waals surface area (Å²) in [5, 5.41) is 8.20. The molecule has 1 saturated heterocycles. The second-order valence-corrected chi connectivity index (χ2v) is 2.00. The lowest BCUT2D eigenvalue weighted by Gasteiger charge is -2.04. The average Bonchev–Trinajstić information content (AvgIpc) is 2.19. The van der Waals surface area contributed by atoms with Crippen LogP contribution in [0.4, 0.5) is 0 Å². The molecule has 1 aliphatic rings. The van der Waals surface area contributed by atoms with Crippen molar-refractivity contribution in [1.82, 2.24) is 5.48 Å². The minimum Gasteiger partial charge on any atom is -0.377 e. The molecule has 0 aliphatic carbocycles. The Hall–Kier alpha value is -0.120. The summed E-state index contributed by atoms with van der Waals surface area (Å²) in [4.78, 5) is 0. The van der Waals surface area contributed by atoms with E-state index in [0.717, 1.165) is 19.4 Å². The number of nitrogens with one attached hydrogen (secondary N) is 1. The molecule has 0 bridgehead atoms. The lowest BCUT2D eigenvalue weighted by Crippen LogP contribution is -2.22. The zero-order valence-corrected chi connectivity index (χ0v) is 4.76. The monoisotopic (exact) mass is 117 g/mol. The van der Waals surface area contributed by atoms with Gasteiger partial charge in [0.2, 0.25) is 0 Å². The number of hydrogen-bond acceptors (Lipinski definition) is 3. The third-order valence-corrected chi connectivity index (χ3v) is 1.34. The van der Waals surface area contributed by atoms with Crippen molar-refractivity contribution in [2.45, 2.75) is 18.9 Å². The Balaban J connectivity index is 2.06. The van der Waals surface area contributed by atoms with Crippen LogP contribution >= 0.6 is 0 Å². The van der Waals surface area contributed by atoms with Gasteiger partial charge in [-0.05, 0) is 12.8 Å². The highest BCUT2D eigenvalue weighted by Gasteiger charge is 2.13. The minimum absolute atomic E-state index is 0.250. The zero-order chi connectivity index (χ0) is 5.82. The molecule has 0 saturated carbocycles. The summed E-state index contributed by atoms with van der Waals surface area (Å²) in [5.74, 6) is 0.